The molecule has 1 amide bonds. The lowest BCUT2D eigenvalue weighted by Gasteiger charge is -2.39. The van der Waals surface area contributed by atoms with Crippen LogP contribution >= 0.6 is 0 Å². The number of hydrogen-bond acceptors (Lipinski definition) is 5. The van der Waals surface area contributed by atoms with Gasteiger partial charge in [-0.15, -0.1) is 0 Å². The maximum absolute atomic E-state index is 12.6. The van der Waals surface area contributed by atoms with Crippen LogP contribution in [-0.4, -0.2) is 50.6 Å². The van der Waals surface area contributed by atoms with E-state index in [4.69, 9.17) is 9.15 Å². The number of benzene rings is 2. The van der Waals surface area contributed by atoms with Crippen molar-refractivity contribution in [3.63, 3.8) is 0 Å². The van der Waals surface area contributed by atoms with Crippen LogP contribution in [0.3, 0.4) is 0 Å². The second-order valence-corrected chi connectivity index (χ2v) is 8.22. The van der Waals surface area contributed by atoms with Crippen LogP contribution < -0.4 is 15.0 Å². The maximum Gasteiger partial charge on any atom is 0.224 e. The van der Waals surface area contributed by atoms with Crippen LogP contribution in [0.4, 0.5) is 5.69 Å². The average Bonchev–Trinajstić information content (AvgIpc) is 3.34. The van der Waals surface area contributed by atoms with Crippen molar-refractivity contribution in [3.05, 3.63) is 83.8 Å². The largest absolute Gasteiger partial charge is 0.497 e. The van der Waals surface area contributed by atoms with Crippen LogP contribution in [-0.2, 0) is 11.2 Å². The van der Waals surface area contributed by atoms with Gasteiger partial charge in [-0.25, -0.2) is 0 Å². The van der Waals surface area contributed by atoms with Crippen molar-refractivity contribution < 1.29 is 13.9 Å². The number of nitrogens with one attached hydrogen (secondary N) is 1. The minimum Gasteiger partial charge on any atom is -0.497 e. The number of ether oxygens (including phenoxy) is 1. The van der Waals surface area contributed by atoms with Gasteiger partial charge in [0.25, 0.3) is 0 Å². The Labute approximate surface area is 189 Å². The van der Waals surface area contributed by atoms with Gasteiger partial charge in [0.1, 0.15) is 11.5 Å². The standard InChI is InChI=1S/C26H31N3O3/c1-20-5-3-6-21(17-20)18-26(30)27-19-24(25-7-4-16-32-25)29-14-12-28(13-15-29)22-8-10-23(31-2)11-9-22/h3-11,16-17,24H,12-15,18-19H2,1-2H3,(H,27,30). The third-order valence-electron chi connectivity index (χ3n) is 6.00. The lowest BCUT2D eigenvalue weighted by molar-refractivity contribution is -0.120. The molecule has 3 aromatic rings. The number of carbonyl (C=O) groups excluding carboxylic acids is 1. The molecule has 1 aromatic heterocycles. The van der Waals surface area contributed by atoms with Crippen LogP contribution in [0.15, 0.2) is 71.3 Å². The van der Waals surface area contributed by atoms with Crippen molar-refractivity contribution in [2.24, 2.45) is 0 Å². The van der Waals surface area contributed by atoms with E-state index in [1.165, 1.54) is 11.3 Å². The third kappa shape index (κ3) is 5.51. The van der Waals surface area contributed by atoms with E-state index in [-0.39, 0.29) is 11.9 Å². The molecule has 0 bridgehead atoms. The molecule has 2 aromatic carbocycles. The number of carbonyl (C=O) groups is 1. The van der Waals surface area contributed by atoms with E-state index in [1.54, 1.807) is 13.4 Å². The zero-order valence-electron chi connectivity index (χ0n) is 18.8. The van der Waals surface area contributed by atoms with Gasteiger partial charge in [0.2, 0.25) is 5.91 Å². The summed E-state index contributed by atoms with van der Waals surface area (Å²) in [6, 6.07) is 20.2. The van der Waals surface area contributed by atoms with E-state index >= 15 is 0 Å². The van der Waals surface area contributed by atoms with Crippen LogP contribution in [0.1, 0.15) is 22.9 Å². The Balaban J connectivity index is 1.35. The summed E-state index contributed by atoms with van der Waals surface area (Å²) in [7, 11) is 1.68. The Morgan fingerprint density at radius 1 is 1.06 bits per heavy atom. The molecule has 6 heteroatoms. The summed E-state index contributed by atoms with van der Waals surface area (Å²) in [6.07, 6.45) is 2.09. The smallest absolute Gasteiger partial charge is 0.224 e. The van der Waals surface area contributed by atoms with Gasteiger partial charge in [0.15, 0.2) is 0 Å². The van der Waals surface area contributed by atoms with E-state index in [0.29, 0.717) is 13.0 Å². The number of nitrogens with zero attached hydrogens (tertiary/aromatic N) is 2. The highest BCUT2D eigenvalue weighted by Crippen LogP contribution is 2.25. The van der Waals surface area contributed by atoms with Gasteiger partial charge < -0.3 is 19.4 Å². The minimum atomic E-state index is 0.0180. The highest BCUT2D eigenvalue weighted by atomic mass is 16.5. The van der Waals surface area contributed by atoms with E-state index in [1.807, 2.05) is 49.4 Å². The molecule has 1 N–H and O–H groups in total. The van der Waals surface area contributed by atoms with Crippen LogP contribution in [0.2, 0.25) is 0 Å². The average molecular weight is 434 g/mol. The summed E-state index contributed by atoms with van der Waals surface area (Å²) < 4.78 is 11.0. The number of methoxy groups -OCH3 is 1. The molecule has 1 atom stereocenters. The van der Waals surface area contributed by atoms with E-state index in [0.717, 1.165) is 43.3 Å². The number of furan rings is 1. The molecule has 32 heavy (non-hydrogen) atoms. The topological polar surface area (TPSA) is 58.0 Å². The van der Waals surface area contributed by atoms with E-state index < -0.39 is 0 Å². The number of amides is 1. The summed E-state index contributed by atoms with van der Waals surface area (Å²) in [5, 5.41) is 3.12. The fourth-order valence-electron chi connectivity index (χ4n) is 4.26. The molecule has 0 spiro atoms. The first kappa shape index (κ1) is 22.0. The molecule has 1 saturated heterocycles. The van der Waals surface area contributed by atoms with E-state index in [9.17, 15) is 4.79 Å². The summed E-state index contributed by atoms with van der Waals surface area (Å²) in [5.74, 6) is 1.79. The SMILES string of the molecule is COc1ccc(N2CCN(C(CNC(=O)Cc3cccc(C)c3)c3ccco3)CC2)cc1. The highest BCUT2D eigenvalue weighted by molar-refractivity contribution is 5.78. The molecule has 0 radical (unpaired) electrons. The van der Waals surface area contributed by atoms with Crippen molar-refractivity contribution in [2.45, 2.75) is 19.4 Å². The van der Waals surface area contributed by atoms with Crippen LogP contribution in [0.25, 0.3) is 0 Å². The minimum absolute atomic E-state index is 0.0180. The lowest BCUT2D eigenvalue weighted by Crippen LogP contribution is -2.50. The van der Waals surface area contributed by atoms with Crippen LogP contribution in [0.5, 0.6) is 5.75 Å². The van der Waals surface area contributed by atoms with E-state index in [2.05, 4.69) is 33.3 Å². The van der Waals surface area contributed by atoms with Gasteiger partial charge in [-0.3, -0.25) is 9.69 Å². The number of anilines is 1. The Kier molecular flexibility index (Phi) is 7.12. The first-order chi connectivity index (χ1) is 15.6. The lowest BCUT2D eigenvalue weighted by atomic mass is 10.1. The molecule has 1 unspecified atom stereocenters. The Bertz CT molecular complexity index is 993. The summed E-state index contributed by atoms with van der Waals surface area (Å²) in [6.45, 7) is 6.19. The Hall–Kier alpha value is -3.25. The predicted octanol–water partition coefficient (Wildman–Crippen LogP) is 3.82. The van der Waals surface area contributed by atoms with Gasteiger partial charge in [0, 0.05) is 38.4 Å². The quantitative estimate of drug-likeness (QED) is 0.585. The second kappa shape index (κ2) is 10.4. The van der Waals surface area contributed by atoms with Gasteiger partial charge in [-0.05, 0) is 48.9 Å². The van der Waals surface area contributed by atoms with Crippen LogP contribution in [0, 0.1) is 6.92 Å². The zero-order valence-corrected chi connectivity index (χ0v) is 18.8. The molecule has 6 nitrogen and oxygen atoms in total. The van der Waals surface area contributed by atoms with Gasteiger partial charge in [-0.1, -0.05) is 29.8 Å². The van der Waals surface area contributed by atoms with Crippen molar-refractivity contribution >= 4 is 11.6 Å². The zero-order chi connectivity index (χ0) is 22.3. The third-order valence-corrected chi connectivity index (χ3v) is 6.00. The van der Waals surface area contributed by atoms with Crippen molar-refractivity contribution in [1.29, 1.82) is 0 Å². The van der Waals surface area contributed by atoms with Crippen molar-refractivity contribution in [3.8, 4) is 5.75 Å². The van der Waals surface area contributed by atoms with Gasteiger partial charge in [0.05, 0.1) is 25.8 Å². The molecular weight excluding hydrogens is 402 g/mol. The number of piperazine rings is 1. The predicted molar refractivity (Wildman–Crippen MR) is 126 cm³/mol. The highest BCUT2D eigenvalue weighted by Gasteiger charge is 2.27. The summed E-state index contributed by atoms with van der Waals surface area (Å²) >= 11 is 0. The molecule has 1 aliphatic heterocycles. The van der Waals surface area contributed by atoms with Crippen molar-refractivity contribution in [2.75, 3.05) is 44.7 Å². The molecule has 1 fully saturated rings. The maximum atomic E-state index is 12.6. The Morgan fingerprint density at radius 2 is 1.84 bits per heavy atom. The molecule has 2 heterocycles. The van der Waals surface area contributed by atoms with Gasteiger partial charge in [-0.2, -0.15) is 0 Å². The molecule has 0 aliphatic carbocycles. The number of aryl methyl sites for hydroxylation is 1. The molecule has 168 valence electrons. The monoisotopic (exact) mass is 433 g/mol. The summed E-state index contributed by atoms with van der Waals surface area (Å²) in [5.41, 5.74) is 3.40. The fourth-order valence-corrected chi connectivity index (χ4v) is 4.26. The second-order valence-electron chi connectivity index (χ2n) is 8.22. The normalized spacial score (nSPS) is 15.4. The number of hydrogen-bond donors (Lipinski definition) is 1. The molecule has 0 saturated carbocycles. The molecular formula is C26H31N3O3. The Morgan fingerprint density at radius 3 is 2.50 bits per heavy atom. The fraction of sp³-hybridized carbons (Fsp3) is 0.346. The summed E-state index contributed by atoms with van der Waals surface area (Å²) in [4.78, 5) is 17.4. The first-order valence-corrected chi connectivity index (χ1v) is 11.1. The molecule has 1 aliphatic rings. The molecule has 4 rings (SSSR count). The first-order valence-electron chi connectivity index (χ1n) is 11.1. The van der Waals surface area contributed by atoms with Gasteiger partial charge >= 0.3 is 0 Å². The van der Waals surface area contributed by atoms with Crippen molar-refractivity contribution in [1.82, 2.24) is 10.2 Å². The number of rotatable bonds is 8.